The minimum Gasteiger partial charge on any atom is -0.271 e. The second kappa shape index (κ2) is 5.08. The summed E-state index contributed by atoms with van der Waals surface area (Å²) in [5.74, 6) is 6.14. The molecule has 0 aliphatic carbocycles. The van der Waals surface area contributed by atoms with Gasteiger partial charge in [0.25, 0.3) is 0 Å². The van der Waals surface area contributed by atoms with E-state index in [1.54, 1.807) is 0 Å². The highest BCUT2D eigenvalue weighted by molar-refractivity contribution is 5.17. The molecule has 0 saturated heterocycles. The molecule has 14 heavy (non-hydrogen) atoms. The van der Waals surface area contributed by atoms with Gasteiger partial charge in [0.15, 0.2) is 0 Å². The molecule has 1 aromatic rings. The number of hydrogen-bond acceptors (Lipinski definition) is 3. The van der Waals surface area contributed by atoms with Gasteiger partial charge in [0.1, 0.15) is 0 Å². The molecule has 0 saturated carbocycles. The number of nitrogens with one attached hydrogen (secondary N) is 1. The fraction of sp³-hybridized carbons (Fsp3) is 0.545. The molecular formula is C11H19N3. The average molecular weight is 193 g/mol. The summed E-state index contributed by atoms with van der Waals surface area (Å²) in [5, 5.41) is 0. The van der Waals surface area contributed by atoms with Crippen molar-refractivity contribution in [1.29, 1.82) is 0 Å². The number of hydrogen-bond donors (Lipinski definition) is 2. The monoisotopic (exact) mass is 193 g/mol. The summed E-state index contributed by atoms with van der Waals surface area (Å²) in [6.45, 7) is 6.36. The number of aryl methyl sites for hydroxylation is 1. The van der Waals surface area contributed by atoms with Gasteiger partial charge in [-0.2, -0.15) is 0 Å². The maximum absolute atomic E-state index is 5.51. The van der Waals surface area contributed by atoms with Gasteiger partial charge in [-0.3, -0.25) is 16.3 Å². The molecule has 0 amide bonds. The molecule has 1 atom stereocenters. The van der Waals surface area contributed by atoms with Crippen LogP contribution in [0.25, 0.3) is 0 Å². The Morgan fingerprint density at radius 3 is 2.57 bits per heavy atom. The van der Waals surface area contributed by atoms with E-state index < -0.39 is 0 Å². The number of rotatable bonds is 4. The normalized spacial score (nSPS) is 13.2. The van der Waals surface area contributed by atoms with E-state index in [1.807, 2.05) is 19.2 Å². The van der Waals surface area contributed by atoms with Crippen LogP contribution in [-0.4, -0.2) is 4.98 Å². The van der Waals surface area contributed by atoms with Crippen molar-refractivity contribution < 1.29 is 0 Å². The van der Waals surface area contributed by atoms with Crippen LogP contribution in [-0.2, 0) is 0 Å². The number of aromatic nitrogens is 1. The standard InChI is InChI=1S/C11H19N3/c1-8(2)6-11(14-12)10-5-4-9(3)13-7-10/h4-5,7-8,11,14H,6,12H2,1-3H3. The highest BCUT2D eigenvalue weighted by atomic mass is 15.2. The maximum Gasteiger partial charge on any atom is 0.0477 e. The summed E-state index contributed by atoms with van der Waals surface area (Å²) < 4.78 is 0. The SMILES string of the molecule is Cc1ccc(C(CC(C)C)NN)cn1. The van der Waals surface area contributed by atoms with E-state index in [0.29, 0.717) is 5.92 Å². The number of hydrazine groups is 1. The molecule has 0 spiro atoms. The van der Waals surface area contributed by atoms with Gasteiger partial charge in [-0.15, -0.1) is 0 Å². The smallest absolute Gasteiger partial charge is 0.0477 e. The highest BCUT2D eigenvalue weighted by Crippen LogP contribution is 2.19. The lowest BCUT2D eigenvalue weighted by molar-refractivity contribution is 0.437. The van der Waals surface area contributed by atoms with Gasteiger partial charge in [0.2, 0.25) is 0 Å². The zero-order chi connectivity index (χ0) is 10.6. The molecule has 1 aromatic heterocycles. The van der Waals surface area contributed by atoms with Gasteiger partial charge in [-0.05, 0) is 30.9 Å². The summed E-state index contributed by atoms with van der Waals surface area (Å²) >= 11 is 0. The fourth-order valence-corrected chi connectivity index (χ4v) is 1.46. The van der Waals surface area contributed by atoms with Crippen LogP contribution in [0.4, 0.5) is 0 Å². The van der Waals surface area contributed by atoms with Crippen molar-refractivity contribution in [2.45, 2.75) is 33.2 Å². The molecule has 1 rings (SSSR count). The van der Waals surface area contributed by atoms with Crippen LogP contribution in [0.15, 0.2) is 18.3 Å². The molecule has 0 aliphatic heterocycles. The van der Waals surface area contributed by atoms with Gasteiger partial charge in [-0.25, -0.2) is 0 Å². The summed E-state index contributed by atoms with van der Waals surface area (Å²) in [6.07, 6.45) is 2.92. The van der Waals surface area contributed by atoms with Crippen LogP contribution in [0.5, 0.6) is 0 Å². The lowest BCUT2D eigenvalue weighted by Gasteiger charge is -2.18. The molecular weight excluding hydrogens is 174 g/mol. The number of nitrogens with two attached hydrogens (primary N) is 1. The molecule has 0 bridgehead atoms. The van der Waals surface area contributed by atoms with Crippen molar-refractivity contribution in [3.63, 3.8) is 0 Å². The van der Waals surface area contributed by atoms with E-state index in [2.05, 4.69) is 30.3 Å². The summed E-state index contributed by atoms with van der Waals surface area (Å²) in [6, 6.07) is 4.30. The Balaban J connectivity index is 2.73. The van der Waals surface area contributed by atoms with E-state index in [-0.39, 0.29) is 6.04 Å². The Morgan fingerprint density at radius 2 is 2.14 bits per heavy atom. The van der Waals surface area contributed by atoms with Gasteiger partial charge in [0.05, 0.1) is 0 Å². The minimum absolute atomic E-state index is 0.211. The number of pyridine rings is 1. The Kier molecular flexibility index (Phi) is 4.04. The van der Waals surface area contributed by atoms with E-state index in [1.165, 1.54) is 0 Å². The van der Waals surface area contributed by atoms with Crippen molar-refractivity contribution in [2.24, 2.45) is 11.8 Å². The van der Waals surface area contributed by atoms with Crippen LogP contribution in [0.1, 0.15) is 37.6 Å². The molecule has 0 radical (unpaired) electrons. The highest BCUT2D eigenvalue weighted by Gasteiger charge is 2.11. The molecule has 78 valence electrons. The second-order valence-corrected chi connectivity index (χ2v) is 4.08. The van der Waals surface area contributed by atoms with Gasteiger partial charge < -0.3 is 0 Å². The summed E-state index contributed by atoms with van der Waals surface area (Å²) in [7, 11) is 0. The maximum atomic E-state index is 5.51. The molecule has 3 N–H and O–H groups in total. The van der Waals surface area contributed by atoms with Crippen molar-refractivity contribution >= 4 is 0 Å². The summed E-state index contributed by atoms with van der Waals surface area (Å²) in [5.41, 5.74) is 5.02. The Morgan fingerprint density at radius 1 is 1.43 bits per heavy atom. The van der Waals surface area contributed by atoms with Gasteiger partial charge in [0, 0.05) is 17.9 Å². The van der Waals surface area contributed by atoms with Crippen LogP contribution in [0.2, 0.25) is 0 Å². The van der Waals surface area contributed by atoms with Crippen molar-refractivity contribution in [2.75, 3.05) is 0 Å². The van der Waals surface area contributed by atoms with Crippen molar-refractivity contribution in [1.82, 2.24) is 10.4 Å². The van der Waals surface area contributed by atoms with Crippen molar-refractivity contribution in [3.05, 3.63) is 29.6 Å². The summed E-state index contributed by atoms with van der Waals surface area (Å²) in [4.78, 5) is 4.26. The third-order valence-electron chi connectivity index (χ3n) is 2.24. The zero-order valence-corrected chi connectivity index (χ0v) is 9.12. The average Bonchev–Trinajstić information content (AvgIpc) is 2.15. The van der Waals surface area contributed by atoms with Crippen LogP contribution in [0.3, 0.4) is 0 Å². The van der Waals surface area contributed by atoms with Gasteiger partial charge in [-0.1, -0.05) is 19.9 Å². The molecule has 0 aliphatic rings. The zero-order valence-electron chi connectivity index (χ0n) is 9.12. The van der Waals surface area contributed by atoms with Crippen LogP contribution in [0, 0.1) is 12.8 Å². The first kappa shape index (κ1) is 11.1. The fourth-order valence-electron chi connectivity index (χ4n) is 1.46. The molecule has 1 unspecified atom stereocenters. The molecule has 1 heterocycles. The minimum atomic E-state index is 0.211. The first-order valence-corrected chi connectivity index (χ1v) is 5.02. The van der Waals surface area contributed by atoms with Crippen molar-refractivity contribution in [3.8, 4) is 0 Å². The van der Waals surface area contributed by atoms with E-state index in [0.717, 1.165) is 17.7 Å². The lowest BCUT2D eigenvalue weighted by atomic mass is 9.99. The van der Waals surface area contributed by atoms with E-state index in [4.69, 9.17) is 5.84 Å². The molecule has 3 heteroatoms. The molecule has 0 fully saturated rings. The predicted molar refractivity (Wildman–Crippen MR) is 58.5 cm³/mol. The van der Waals surface area contributed by atoms with Crippen LogP contribution < -0.4 is 11.3 Å². The Labute approximate surface area is 85.7 Å². The van der Waals surface area contributed by atoms with E-state index in [9.17, 15) is 0 Å². The van der Waals surface area contributed by atoms with Gasteiger partial charge >= 0.3 is 0 Å². The first-order chi connectivity index (χ1) is 6.63. The largest absolute Gasteiger partial charge is 0.271 e. The molecule has 3 nitrogen and oxygen atoms in total. The topological polar surface area (TPSA) is 50.9 Å². The third kappa shape index (κ3) is 3.09. The quantitative estimate of drug-likeness (QED) is 0.567. The first-order valence-electron chi connectivity index (χ1n) is 5.02. The van der Waals surface area contributed by atoms with Crippen LogP contribution >= 0.6 is 0 Å². The van der Waals surface area contributed by atoms with E-state index >= 15 is 0 Å². The molecule has 0 aromatic carbocycles. The Hall–Kier alpha value is -0.930. The second-order valence-electron chi connectivity index (χ2n) is 4.08. The third-order valence-corrected chi connectivity index (χ3v) is 2.24. The number of nitrogens with zero attached hydrogens (tertiary/aromatic N) is 1. The lowest BCUT2D eigenvalue weighted by Crippen LogP contribution is -2.29. The predicted octanol–water partition coefficient (Wildman–Crippen LogP) is 1.94. The Bertz CT molecular complexity index is 266.